The Labute approximate surface area is 156 Å². The normalized spacial score (nSPS) is 11.6. The number of benzene rings is 2. The summed E-state index contributed by atoms with van der Waals surface area (Å²) in [5.74, 6) is -0.306. The van der Waals surface area contributed by atoms with E-state index in [0.717, 1.165) is 11.3 Å². The molecule has 0 fully saturated rings. The quantitative estimate of drug-likeness (QED) is 0.518. The lowest BCUT2D eigenvalue weighted by molar-refractivity contribution is -0.605. The van der Waals surface area contributed by atoms with Gasteiger partial charge in [0, 0.05) is 23.9 Å². The number of carbonyl (C=O) groups is 1. The first-order chi connectivity index (χ1) is 12.5. The zero-order chi connectivity index (χ0) is 18.5. The third-order valence-corrected chi connectivity index (χ3v) is 4.28. The number of nitrogens with zero attached hydrogens (tertiary/aromatic N) is 1. The lowest BCUT2D eigenvalue weighted by Crippen LogP contribution is -2.25. The van der Waals surface area contributed by atoms with E-state index >= 15 is 0 Å². The molecule has 0 aliphatic heterocycles. The summed E-state index contributed by atoms with van der Waals surface area (Å²) in [5.41, 5.74) is 2.92. The molecule has 1 amide bonds. The van der Waals surface area contributed by atoms with Crippen LogP contribution in [0.5, 0.6) is 0 Å². The molecule has 0 bridgehead atoms. The summed E-state index contributed by atoms with van der Waals surface area (Å²) in [7, 11) is 0. The van der Waals surface area contributed by atoms with Crippen molar-refractivity contribution in [3.8, 4) is 0 Å². The molecule has 1 atom stereocenters. The van der Waals surface area contributed by atoms with Crippen LogP contribution in [0.25, 0.3) is 0 Å². The van der Waals surface area contributed by atoms with Gasteiger partial charge in [-0.15, -0.1) is 0 Å². The molecule has 3 aromatic rings. The van der Waals surface area contributed by atoms with Crippen molar-refractivity contribution in [3.63, 3.8) is 0 Å². The van der Waals surface area contributed by atoms with Gasteiger partial charge in [0.15, 0.2) is 12.4 Å². The molecule has 1 aromatic heterocycles. The average Bonchev–Trinajstić information content (AvgIpc) is 2.65. The zero-order valence-corrected chi connectivity index (χ0v) is 14.9. The highest BCUT2D eigenvalue weighted by molar-refractivity contribution is 6.33. The van der Waals surface area contributed by atoms with E-state index < -0.39 is 0 Å². The van der Waals surface area contributed by atoms with Crippen LogP contribution in [0.3, 0.4) is 0 Å². The maximum absolute atomic E-state index is 12.2. The minimum absolute atomic E-state index is 0.0947. The molecule has 3 rings (SSSR count). The van der Waals surface area contributed by atoms with Crippen molar-refractivity contribution in [2.45, 2.75) is 13.0 Å². The smallest absolute Gasteiger partial charge is 0.256 e. The van der Waals surface area contributed by atoms with Crippen LogP contribution in [0.1, 0.15) is 28.9 Å². The van der Waals surface area contributed by atoms with E-state index in [4.69, 9.17) is 11.6 Å². The second-order valence-electron chi connectivity index (χ2n) is 5.87. The van der Waals surface area contributed by atoms with Gasteiger partial charge < -0.3 is 15.8 Å². The Bertz CT molecular complexity index is 899. The van der Waals surface area contributed by atoms with Crippen molar-refractivity contribution in [2.75, 3.05) is 10.6 Å². The number of rotatable bonds is 5. The number of nitrogens with one attached hydrogen (secondary N) is 2. The summed E-state index contributed by atoms with van der Waals surface area (Å²) < 4.78 is 0.627. The van der Waals surface area contributed by atoms with Crippen LogP contribution in [0, 0.1) is 5.21 Å². The van der Waals surface area contributed by atoms with Crippen molar-refractivity contribution in [1.29, 1.82) is 0 Å². The molecule has 132 valence electrons. The molecule has 5 nitrogen and oxygen atoms in total. The van der Waals surface area contributed by atoms with Gasteiger partial charge in [-0.3, -0.25) is 4.79 Å². The molecule has 0 saturated heterocycles. The summed E-state index contributed by atoms with van der Waals surface area (Å²) in [6, 6.07) is 18.4. The van der Waals surface area contributed by atoms with Crippen LogP contribution in [0.15, 0.2) is 73.1 Å². The maximum atomic E-state index is 12.2. The first kappa shape index (κ1) is 17.8. The van der Waals surface area contributed by atoms with Gasteiger partial charge in [-0.2, -0.15) is 4.73 Å². The molecule has 0 unspecified atom stereocenters. The van der Waals surface area contributed by atoms with Gasteiger partial charge in [0.1, 0.15) is 0 Å². The highest BCUT2D eigenvalue weighted by Crippen LogP contribution is 2.29. The standard InChI is InChI=1S/C20H18ClN3O2/c1-14(15-5-3-2-4-6-15)22-19-8-7-17(13-18(19)21)23-20(25)16-9-11-24(26)12-10-16/h2-14,22H,1H3,(H,23,25)/t14-/m0/s1. The Hall–Kier alpha value is -3.05. The van der Waals surface area contributed by atoms with Gasteiger partial charge in [0.25, 0.3) is 5.91 Å². The number of carbonyl (C=O) groups excluding carboxylic acids is 1. The Balaban J connectivity index is 1.69. The molecular weight excluding hydrogens is 350 g/mol. The predicted molar refractivity (Wildman–Crippen MR) is 103 cm³/mol. The molecule has 1 heterocycles. The number of amides is 1. The second-order valence-corrected chi connectivity index (χ2v) is 6.28. The third-order valence-electron chi connectivity index (χ3n) is 3.96. The van der Waals surface area contributed by atoms with E-state index in [1.165, 1.54) is 24.5 Å². The van der Waals surface area contributed by atoms with Crippen LogP contribution in [0.4, 0.5) is 11.4 Å². The summed E-state index contributed by atoms with van der Waals surface area (Å²) in [4.78, 5) is 12.2. The van der Waals surface area contributed by atoms with Gasteiger partial charge in [-0.25, -0.2) is 0 Å². The third kappa shape index (κ3) is 4.32. The molecule has 0 spiro atoms. The number of aromatic nitrogens is 1. The summed E-state index contributed by atoms with van der Waals surface area (Å²) in [6.07, 6.45) is 2.56. The molecule has 0 aliphatic rings. The second kappa shape index (κ2) is 7.89. The molecular formula is C20H18ClN3O2. The van der Waals surface area contributed by atoms with Crippen LogP contribution >= 0.6 is 11.6 Å². The van der Waals surface area contributed by atoms with E-state index in [9.17, 15) is 10.0 Å². The summed E-state index contributed by atoms with van der Waals surface area (Å²) >= 11 is 6.35. The van der Waals surface area contributed by atoms with Crippen molar-refractivity contribution >= 4 is 28.9 Å². The Kier molecular flexibility index (Phi) is 5.39. The van der Waals surface area contributed by atoms with Crippen LogP contribution < -0.4 is 15.4 Å². The fourth-order valence-corrected chi connectivity index (χ4v) is 2.77. The first-order valence-electron chi connectivity index (χ1n) is 8.14. The van der Waals surface area contributed by atoms with Crippen molar-refractivity contribution in [2.24, 2.45) is 0 Å². The maximum Gasteiger partial charge on any atom is 0.256 e. The summed E-state index contributed by atoms with van der Waals surface area (Å²) in [5, 5.41) is 17.7. The van der Waals surface area contributed by atoms with E-state index in [2.05, 4.69) is 17.6 Å². The number of halogens is 1. The van der Waals surface area contributed by atoms with E-state index in [0.29, 0.717) is 21.0 Å². The van der Waals surface area contributed by atoms with Gasteiger partial charge in [-0.1, -0.05) is 41.9 Å². The SMILES string of the molecule is C[C@H](Nc1ccc(NC(=O)c2cc[n+]([O-])cc2)cc1Cl)c1ccccc1. The predicted octanol–water partition coefficient (Wildman–Crippen LogP) is 4.40. The van der Waals surface area contributed by atoms with Gasteiger partial charge in [0.2, 0.25) is 0 Å². The number of hydrogen-bond acceptors (Lipinski definition) is 3. The Morgan fingerprint density at radius 2 is 1.77 bits per heavy atom. The lowest BCUT2D eigenvalue weighted by atomic mass is 10.1. The highest BCUT2D eigenvalue weighted by atomic mass is 35.5. The minimum Gasteiger partial charge on any atom is -0.619 e. The number of hydrogen-bond donors (Lipinski definition) is 2. The highest BCUT2D eigenvalue weighted by Gasteiger charge is 2.11. The molecule has 26 heavy (non-hydrogen) atoms. The molecule has 0 saturated carbocycles. The summed E-state index contributed by atoms with van der Waals surface area (Å²) in [6.45, 7) is 2.05. The zero-order valence-electron chi connectivity index (χ0n) is 14.1. The Morgan fingerprint density at radius 1 is 1.08 bits per heavy atom. The van der Waals surface area contributed by atoms with Crippen LogP contribution in [-0.4, -0.2) is 5.91 Å². The molecule has 2 N–H and O–H groups in total. The topological polar surface area (TPSA) is 68.1 Å². The Morgan fingerprint density at radius 3 is 2.42 bits per heavy atom. The number of anilines is 2. The van der Waals surface area contributed by atoms with Crippen molar-refractivity contribution in [1.82, 2.24) is 0 Å². The fourth-order valence-electron chi connectivity index (χ4n) is 2.54. The van der Waals surface area contributed by atoms with Crippen molar-refractivity contribution in [3.05, 3.63) is 94.4 Å². The van der Waals surface area contributed by atoms with Gasteiger partial charge >= 0.3 is 0 Å². The van der Waals surface area contributed by atoms with E-state index in [-0.39, 0.29) is 11.9 Å². The van der Waals surface area contributed by atoms with Crippen molar-refractivity contribution < 1.29 is 9.52 Å². The molecule has 0 aliphatic carbocycles. The van der Waals surface area contributed by atoms with Crippen LogP contribution in [0.2, 0.25) is 5.02 Å². The monoisotopic (exact) mass is 367 g/mol. The minimum atomic E-state index is -0.306. The van der Waals surface area contributed by atoms with Gasteiger partial charge in [-0.05, 0) is 30.7 Å². The average molecular weight is 368 g/mol. The lowest BCUT2D eigenvalue weighted by Gasteiger charge is -2.17. The largest absolute Gasteiger partial charge is 0.619 e. The van der Waals surface area contributed by atoms with E-state index in [1.54, 1.807) is 12.1 Å². The van der Waals surface area contributed by atoms with Crippen LogP contribution in [-0.2, 0) is 0 Å². The number of pyridine rings is 1. The first-order valence-corrected chi connectivity index (χ1v) is 8.52. The molecule has 6 heteroatoms. The molecule has 2 aromatic carbocycles. The van der Waals surface area contributed by atoms with Gasteiger partial charge in [0.05, 0.1) is 16.3 Å². The molecule has 0 radical (unpaired) electrons. The van der Waals surface area contributed by atoms with E-state index in [1.807, 2.05) is 36.4 Å². The fraction of sp³-hybridized carbons (Fsp3) is 0.100.